The fraction of sp³-hybridized carbons (Fsp3) is 0.818. The molecule has 2 heteroatoms. The highest BCUT2D eigenvalue weighted by Crippen LogP contribution is 2.38. The summed E-state index contributed by atoms with van der Waals surface area (Å²) in [6.07, 6.45) is 5.53. The molecule has 1 unspecified atom stereocenters. The summed E-state index contributed by atoms with van der Waals surface area (Å²) in [6, 6.07) is 0.183. The topological polar surface area (TPSA) is 35.2 Å². The van der Waals surface area contributed by atoms with Crippen LogP contribution in [0.15, 0.2) is 12.2 Å². The number of hydrogen-bond donors (Lipinski definition) is 1. The van der Waals surface area contributed by atoms with Gasteiger partial charge in [0.2, 0.25) is 0 Å². The van der Waals surface area contributed by atoms with Crippen LogP contribution in [0.25, 0.3) is 0 Å². The first-order valence-electron chi connectivity index (χ1n) is 5.06. The number of ether oxygens (including phenoxy) is 1. The first kappa shape index (κ1) is 10.7. The molecule has 1 saturated carbocycles. The van der Waals surface area contributed by atoms with E-state index in [0.717, 1.165) is 25.7 Å². The van der Waals surface area contributed by atoms with Crippen LogP contribution in [-0.2, 0) is 4.74 Å². The largest absolute Gasteiger partial charge is 0.377 e. The van der Waals surface area contributed by atoms with E-state index >= 15 is 0 Å². The molecule has 0 aliphatic heterocycles. The molecule has 13 heavy (non-hydrogen) atoms. The van der Waals surface area contributed by atoms with E-state index < -0.39 is 0 Å². The van der Waals surface area contributed by atoms with Gasteiger partial charge in [0.15, 0.2) is 0 Å². The highest BCUT2D eigenvalue weighted by atomic mass is 16.5. The van der Waals surface area contributed by atoms with Crippen LogP contribution >= 0.6 is 0 Å². The van der Waals surface area contributed by atoms with Crippen LogP contribution in [0.3, 0.4) is 0 Å². The van der Waals surface area contributed by atoms with Crippen molar-refractivity contribution in [2.45, 2.75) is 50.7 Å². The van der Waals surface area contributed by atoms with Gasteiger partial charge in [-0.1, -0.05) is 5.57 Å². The summed E-state index contributed by atoms with van der Waals surface area (Å²) in [7, 11) is 1.78. The monoisotopic (exact) mass is 183 g/mol. The van der Waals surface area contributed by atoms with Gasteiger partial charge in [-0.15, -0.1) is 6.58 Å². The number of allylic oxidation sites excluding steroid dienone is 1. The fourth-order valence-electron chi connectivity index (χ4n) is 1.92. The van der Waals surface area contributed by atoms with Gasteiger partial charge in [0.1, 0.15) is 0 Å². The lowest BCUT2D eigenvalue weighted by molar-refractivity contribution is -0.0912. The van der Waals surface area contributed by atoms with E-state index in [1.54, 1.807) is 7.11 Å². The van der Waals surface area contributed by atoms with E-state index in [9.17, 15) is 0 Å². The second-order valence-electron chi connectivity index (χ2n) is 4.22. The fourth-order valence-corrected chi connectivity index (χ4v) is 1.92. The Balaban J connectivity index is 2.36. The second-order valence-corrected chi connectivity index (χ2v) is 4.22. The van der Waals surface area contributed by atoms with Crippen molar-refractivity contribution in [3.05, 3.63) is 12.2 Å². The van der Waals surface area contributed by atoms with Gasteiger partial charge >= 0.3 is 0 Å². The lowest BCUT2D eigenvalue weighted by Gasteiger charge is -2.45. The van der Waals surface area contributed by atoms with Gasteiger partial charge in [-0.05, 0) is 39.0 Å². The molecule has 0 heterocycles. The van der Waals surface area contributed by atoms with Crippen LogP contribution in [0.2, 0.25) is 0 Å². The van der Waals surface area contributed by atoms with Crippen LogP contribution in [-0.4, -0.2) is 18.8 Å². The van der Waals surface area contributed by atoms with E-state index in [1.807, 2.05) is 6.92 Å². The van der Waals surface area contributed by atoms with E-state index in [4.69, 9.17) is 10.5 Å². The molecular formula is C11H21NO. The summed E-state index contributed by atoms with van der Waals surface area (Å²) in [5, 5.41) is 0. The molecule has 1 aliphatic rings. The van der Waals surface area contributed by atoms with Crippen LogP contribution in [0, 0.1) is 0 Å². The molecule has 0 bridgehead atoms. The van der Waals surface area contributed by atoms with Gasteiger partial charge in [-0.25, -0.2) is 0 Å². The standard InChI is InChI=1S/C11H21NO/c1-9(2)5-6-10(12)11(13-3)7-4-8-11/h10H,1,4-8,12H2,2-3H3. The highest BCUT2D eigenvalue weighted by Gasteiger charge is 2.42. The summed E-state index contributed by atoms with van der Waals surface area (Å²) in [6.45, 7) is 5.93. The van der Waals surface area contributed by atoms with E-state index in [-0.39, 0.29) is 11.6 Å². The van der Waals surface area contributed by atoms with E-state index in [2.05, 4.69) is 6.58 Å². The number of rotatable bonds is 5. The molecular weight excluding hydrogens is 162 g/mol. The zero-order valence-electron chi connectivity index (χ0n) is 8.81. The first-order valence-corrected chi connectivity index (χ1v) is 5.06. The Labute approximate surface area is 81.1 Å². The van der Waals surface area contributed by atoms with Crippen molar-refractivity contribution in [2.75, 3.05) is 7.11 Å². The Bertz CT molecular complexity index is 179. The molecule has 0 amide bonds. The maximum absolute atomic E-state index is 6.11. The van der Waals surface area contributed by atoms with Gasteiger partial charge in [0.05, 0.1) is 5.60 Å². The number of methoxy groups -OCH3 is 1. The van der Waals surface area contributed by atoms with Crippen LogP contribution in [0.1, 0.15) is 39.0 Å². The van der Waals surface area contributed by atoms with Gasteiger partial charge in [-0.3, -0.25) is 0 Å². The van der Waals surface area contributed by atoms with Crippen molar-refractivity contribution in [3.63, 3.8) is 0 Å². The minimum atomic E-state index is -0.00451. The molecule has 1 atom stereocenters. The predicted octanol–water partition coefficient (Wildman–Crippen LogP) is 2.24. The van der Waals surface area contributed by atoms with Gasteiger partial charge in [0.25, 0.3) is 0 Å². The minimum absolute atomic E-state index is 0.00451. The van der Waals surface area contributed by atoms with Crippen molar-refractivity contribution in [1.29, 1.82) is 0 Å². The van der Waals surface area contributed by atoms with Gasteiger partial charge < -0.3 is 10.5 Å². The van der Waals surface area contributed by atoms with Crippen molar-refractivity contribution in [3.8, 4) is 0 Å². The molecule has 2 nitrogen and oxygen atoms in total. The Morgan fingerprint density at radius 1 is 1.62 bits per heavy atom. The molecule has 76 valence electrons. The molecule has 0 saturated heterocycles. The Morgan fingerprint density at radius 3 is 2.54 bits per heavy atom. The molecule has 0 aromatic carbocycles. The minimum Gasteiger partial charge on any atom is -0.377 e. The van der Waals surface area contributed by atoms with Crippen molar-refractivity contribution >= 4 is 0 Å². The van der Waals surface area contributed by atoms with Crippen LogP contribution in [0.4, 0.5) is 0 Å². The average Bonchev–Trinajstić information content (AvgIpc) is 2.00. The summed E-state index contributed by atoms with van der Waals surface area (Å²) in [5.41, 5.74) is 7.31. The quantitative estimate of drug-likeness (QED) is 0.663. The summed E-state index contributed by atoms with van der Waals surface area (Å²) in [4.78, 5) is 0. The molecule has 1 fully saturated rings. The Kier molecular flexibility index (Phi) is 3.51. The summed E-state index contributed by atoms with van der Waals surface area (Å²) >= 11 is 0. The second kappa shape index (κ2) is 4.25. The van der Waals surface area contributed by atoms with Crippen molar-refractivity contribution < 1.29 is 4.74 Å². The van der Waals surface area contributed by atoms with Crippen molar-refractivity contribution in [1.82, 2.24) is 0 Å². The lowest BCUT2D eigenvalue weighted by Crippen LogP contribution is -2.54. The molecule has 0 aromatic heterocycles. The molecule has 1 rings (SSSR count). The third-order valence-corrected chi connectivity index (χ3v) is 3.16. The normalized spacial score (nSPS) is 22.1. The maximum atomic E-state index is 6.11. The summed E-state index contributed by atoms with van der Waals surface area (Å²) < 4.78 is 5.51. The van der Waals surface area contributed by atoms with Crippen LogP contribution < -0.4 is 5.73 Å². The number of nitrogens with two attached hydrogens (primary N) is 1. The average molecular weight is 183 g/mol. The van der Waals surface area contributed by atoms with Gasteiger partial charge in [0, 0.05) is 13.2 Å². The molecule has 1 aliphatic carbocycles. The first-order chi connectivity index (χ1) is 6.10. The third-order valence-electron chi connectivity index (χ3n) is 3.16. The Hall–Kier alpha value is -0.340. The lowest BCUT2D eigenvalue weighted by atomic mass is 9.73. The SMILES string of the molecule is C=C(C)CCC(N)C1(OC)CCC1. The highest BCUT2D eigenvalue weighted by molar-refractivity contribution is 5.00. The van der Waals surface area contributed by atoms with E-state index in [1.165, 1.54) is 12.0 Å². The van der Waals surface area contributed by atoms with Gasteiger partial charge in [-0.2, -0.15) is 0 Å². The smallest absolute Gasteiger partial charge is 0.0829 e. The molecule has 0 aromatic rings. The number of hydrogen-bond acceptors (Lipinski definition) is 2. The third kappa shape index (κ3) is 2.32. The molecule has 2 N–H and O–H groups in total. The van der Waals surface area contributed by atoms with Crippen LogP contribution in [0.5, 0.6) is 0 Å². The molecule has 0 radical (unpaired) electrons. The predicted molar refractivity (Wildman–Crippen MR) is 55.6 cm³/mol. The van der Waals surface area contributed by atoms with E-state index in [0.29, 0.717) is 0 Å². The molecule has 0 spiro atoms. The zero-order valence-corrected chi connectivity index (χ0v) is 8.81. The maximum Gasteiger partial charge on any atom is 0.0829 e. The van der Waals surface area contributed by atoms with Crippen molar-refractivity contribution in [2.24, 2.45) is 5.73 Å². The summed E-state index contributed by atoms with van der Waals surface area (Å²) in [5.74, 6) is 0. The zero-order chi connectivity index (χ0) is 9.90. The Morgan fingerprint density at radius 2 is 2.23 bits per heavy atom.